The number of carbonyl (C=O) groups excluding carboxylic acids is 1. The Morgan fingerprint density at radius 1 is 1.21 bits per heavy atom. The zero-order valence-corrected chi connectivity index (χ0v) is 9.07. The Labute approximate surface area is 85.5 Å². The molecule has 0 saturated carbocycles. The van der Waals surface area contributed by atoms with Crippen molar-refractivity contribution >= 4 is 5.91 Å². The van der Waals surface area contributed by atoms with Gasteiger partial charge in [0.15, 0.2) is 0 Å². The van der Waals surface area contributed by atoms with E-state index < -0.39 is 0 Å². The van der Waals surface area contributed by atoms with Crippen LogP contribution >= 0.6 is 0 Å². The number of amides is 1. The smallest absolute Gasteiger partial charge is 0.222 e. The second kappa shape index (κ2) is 7.76. The van der Waals surface area contributed by atoms with Crippen LogP contribution in [0.2, 0.25) is 0 Å². The quantitative estimate of drug-likeness (QED) is 0.623. The highest BCUT2D eigenvalue weighted by atomic mass is 16.3. The van der Waals surface area contributed by atoms with Gasteiger partial charge < -0.3 is 15.1 Å². The molecule has 0 heterocycles. The van der Waals surface area contributed by atoms with Crippen molar-refractivity contribution in [3.05, 3.63) is 0 Å². The minimum Gasteiger partial charge on any atom is -0.395 e. The third-order valence-electron chi connectivity index (χ3n) is 2.03. The molecule has 0 saturated heterocycles. The Morgan fingerprint density at radius 3 is 2.07 bits per heavy atom. The molecule has 0 spiro atoms. The maximum atomic E-state index is 11.5. The monoisotopic (exact) mass is 203 g/mol. The van der Waals surface area contributed by atoms with Crippen molar-refractivity contribution in [1.82, 2.24) is 4.90 Å². The molecule has 2 N–H and O–H groups in total. The minimum atomic E-state index is -0.0482. The SMILES string of the molecule is CC(C)CCC(=O)N(CCO)CCO. The molecule has 0 atom stereocenters. The first-order valence-electron chi connectivity index (χ1n) is 5.11. The molecule has 0 unspecified atom stereocenters. The summed E-state index contributed by atoms with van der Waals surface area (Å²) < 4.78 is 0. The van der Waals surface area contributed by atoms with E-state index in [1.807, 2.05) is 0 Å². The van der Waals surface area contributed by atoms with Crippen LogP contribution in [0, 0.1) is 5.92 Å². The summed E-state index contributed by atoms with van der Waals surface area (Å²) in [6.07, 6.45) is 1.35. The summed E-state index contributed by atoms with van der Waals surface area (Å²) in [5.74, 6) is 0.519. The number of carbonyl (C=O) groups is 1. The number of rotatable bonds is 7. The third-order valence-corrected chi connectivity index (χ3v) is 2.03. The summed E-state index contributed by atoms with van der Waals surface area (Å²) in [6, 6.07) is 0. The van der Waals surface area contributed by atoms with E-state index in [0.29, 0.717) is 25.4 Å². The number of aliphatic hydroxyl groups is 2. The Bertz CT molecular complexity index is 153. The van der Waals surface area contributed by atoms with E-state index in [1.54, 1.807) is 0 Å². The highest BCUT2D eigenvalue weighted by Crippen LogP contribution is 2.05. The van der Waals surface area contributed by atoms with Crippen molar-refractivity contribution in [2.75, 3.05) is 26.3 Å². The summed E-state index contributed by atoms with van der Waals surface area (Å²) in [6.45, 7) is 4.67. The van der Waals surface area contributed by atoms with Crippen molar-refractivity contribution in [2.24, 2.45) is 5.92 Å². The highest BCUT2D eigenvalue weighted by Gasteiger charge is 2.12. The fourth-order valence-electron chi connectivity index (χ4n) is 1.17. The van der Waals surface area contributed by atoms with Gasteiger partial charge in [0.25, 0.3) is 0 Å². The lowest BCUT2D eigenvalue weighted by Crippen LogP contribution is -2.35. The van der Waals surface area contributed by atoms with Crippen LogP contribution in [0.15, 0.2) is 0 Å². The highest BCUT2D eigenvalue weighted by molar-refractivity contribution is 5.76. The summed E-state index contributed by atoms with van der Waals surface area (Å²) in [4.78, 5) is 13.0. The van der Waals surface area contributed by atoms with E-state index in [0.717, 1.165) is 6.42 Å². The van der Waals surface area contributed by atoms with Crippen molar-refractivity contribution < 1.29 is 15.0 Å². The van der Waals surface area contributed by atoms with E-state index in [4.69, 9.17) is 10.2 Å². The lowest BCUT2D eigenvalue weighted by atomic mass is 10.1. The van der Waals surface area contributed by atoms with E-state index in [-0.39, 0.29) is 19.1 Å². The summed E-state index contributed by atoms with van der Waals surface area (Å²) >= 11 is 0. The van der Waals surface area contributed by atoms with Crippen LogP contribution in [0.4, 0.5) is 0 Å². The molecule has 0 aliphatic carbocycles. The van der Waals surface area contributed by atoms with Crippen molar-refractivity contribution in [3.63, 3.8) is 0 Å². The maximum absolute atomic E-state index is 11.5. The minimum absolute atomic E-state index is 0.0156. The van der Waals surface area contributed by atoms with Gasteiger partial charge in [-0.2, -0.15) is 0 Å². The molecule has 0 rings (SSSR count). The van der Waals surface area contributed by atoms with Crippen molar-refractivity contribution in [3.8, 4) is 0 Å². The average molecular weight is 203 g/mol. The van der Waals surface area contributed by atoms with E-state index in [2.05, 4.69) is 13.8 Å². The molecule has 0 aliphatic heterocycles. The predicted molar refractivity (Wildman–Crippen MR) is 54.8 cm³/mol. The zero-order chi connectivity index (χ0) is 11.0. The second-order valence-electron chi connectivity index (χ2n) is 3.76. The molecular formula is C10H21NO3. The topological polar surface area (TPSA) is 60.8 Å². The van der Waals surface area contributed by atoms with Gasteiger partial charge in [-0.15, -0.1) is 0 Å². The van der Waals surface area contributed by atoms with Gasteiger partial charge in [0.05, 0.1) is 13.2 Å². The second-order valence-corrected chi connectivity index (χ2v) is 3.76. The van der Waals surface area contributed by atoms with Gasteiger partial charge in [0.1, 0.15) is 0 Å². The largest absolute Gasteiger partial charge is 0.395 e. The predicted octanol–water partition coefficient (Wildman–Crippen LogP) is 0.236. The number of aliphatic hydroxyl groups excluding tert-OH is 2. The van der Waals surface area contributed by atoms with Crippen LogP contribution in [0.25, 0.3) is 0 Å². The summed E-state index contributed by atoms with van der Waals surface area (Å²) in [7, 11) is 0. The molecule has 1 amide bonds. The Morgan fingerprint density at radius 2 is 1.71 bits per heavy atom. The number of nitrogens with zero attached hydrogens (tertiary/aromatic N) is 1. The third kappa shape index (κ3) is 5.94. The fourth-order valence-corrected chi connectivity index (χ4v) is 1.17. The number of hydrogen-bond donors (Lipinski definition) is 2. The lowest BCUT2D eigenvalue weighted by Gasteiger charge is -2.20. The first kappa shape index (κ1) is 13.4. The lowest BCUT2D eigenvalue weighted by molar-refractivity contribution is -0.132. The first-order chi connectivity index (χ1) is 6.61. The summed E-state index contributed by atoms with van der Waals surface area (Å²) in [5, 5.41) is 17.4. The molecule has 14 heavy (non-hydrogen) atoms. The van der Waals surface area contributed by atoms with Crippen LogP contribution in [0.3, 0.4) is 0 Å². The molecule has 0 aromatic rings. The Kier molecular flexibility index (Phi) is 7.42. The van der Waals surface area contributed by atoms with Crippen LogP contribution in [-0.4, -0.2) is 47.3 Å². The van der Waals surface area contributed by atoms with Gasteiger partial charge in [-0.05, 0) is 12.3 Å². The van der Waals surface area contributed by atoms with E-state index in [1.165, 1.54) is 4.90 Å². The molecule has 0 fully saturated rings. The maximum Gasteiger partial charge on any atom is 0.222 e. The molecule has 4 nitrogen and oxygen atoms in total. The normalized spacial score (nSPS) is 10.6. The zero-order valence-electron chi connectivity index (χ0n) is 9.07. The van der Waals surface area contributed by atoms with Crippen LogP contribution in [-0.2, 0) is 4.79 Å². The molecule has 0 aliphatic rings. The standard InChI is InChI=1S/C10H21NO3/c1-9(2)3-4-10(14)11(5-7-12)6-8-13/h9,12-13H,3-8H2,1-2H3. The van der Waals surface area contributed by atoms with Crippen LogP contribution in [0.5, 0.6) is 0 Å². The van der Waals surface area contributed by atoms with Gasteiger partial charge in [0.2, 0.25) is 5.91 Å². The van der Waals surface area contributed by atoms with Gasteiger partial charge >= 0.3 is 0 Å². The van der Waals surface area contributed by atoms with Gasteiger partial charge in [-0.1, -0.05) is 13.8 Å². The molecule has 0 bridgehead atoms. The van der Waals surface area contributed by atoms with Gasteiger partial charge in [-0.25, -0.2) is 0 Å². The number of hydrogen-bond acceptors (Lipinski definition) is 3. The Hall–Kier alpha value is -0.610. The first-order valence-corrected chi connectivity index (χ1v) is 5.11. The van der Waals surface area contributed by atoms with E-state index >= 15 is 0 Å². The molecule has 0 aromatic carbocycles. The molecule has 84 valence electrons. The average Bonchev–Trinajstić information content (AvgIpc) is 2.14. The van der Waals surface area contributed by atoms with Crippen molar-refractivity contribution in [2.45, 2.75) is 26.7 Å². The van der Waals surface area contributed by atoms with Gasteiger partial charge in [-0.3, -0.25) is 4.79 Å². The molecule has 0 radical (unpaired) electrons. The fraction of sp³-hybridized carbons (Fsp3) is 0.900. The molecular weight excluding hydrogens is 182 g/mol. The molecule has 0 aromatic heterocycles. The van der Waals surface area contributed by atoms with Crippen LogP contribution < -0.4 is 0 Å². The molecule has 4 heteroatoms. The van der Waals surface area contributed by atoms with Crippen LogP contribution in [0.1, 0.15) is 26.7 Å². The van der Waals surface area contributed by atoms with Crippen molar-refractivity contribution in [1.29, 1.82) is 0 Å². The van der Waals surface area contributed by atoms with E-state index in [9.17, 15) is 4.79 Å². The summed E-state index contributed by atoms with van der Waals surface area (Å²) in [5.41, 5.74) is 0. The Balaban J connectivity index is 3.88. The van der Waals surface area contributed by atoms with Gasteiger partial charge in [0, 0.05) is 19.5 Å².